The first-order valence-electron chi connectivity index (χ1n) is 9.87. The Morgan fingerprint density at radius 1 is 1.30 bits per heavy atom. The van der Waals surface area contributed by atoms with Crippen molar-refractivity contribution in [2.24, 2.45) is 0 Å². The summed E-state index contributed by atoms with van der Waals surface area (Å²) in [5.41, 5.74) is 1.83. The van der Waals surface area contributed by atoms with Gasteiger partial charge in [0, 0.05) is 17.6 Å². The molecule has 0 saturated carbocycles. The van der Waals surface area contributed by atoms with Gasteiger partial charge < -0.3 is 29.4 Å². The second kappa shape index (κ2) is 10.5. The lowest BCUT2D eigenvalue weighted by Crippen LogP contribution is -2.34. The molecule has 2 aromatic rings. The Morgan fingerprint density at radius 2 is 2.13 bits per heavy atom. The molecule has 0 aliphatic carbocycles. The third-order valence-corrected chi connectivity index (χ3v) is 4.80. The van der Waals surface area contributed by atoms with E-state index in [9.17, 15) is 9.90 Å². The molecule has 30 heavy (non-hydrogen) atoms. The summed E-state index contributed by atoms with van der Waals surface area (Å²) < 4.78 is 21.1. The van der Waals surface area contributed by atoms with E-state index in [1.54, 1.807) is 25.1 Å². The van der Waals surface area contributed by atoms with E-state index in [0.717, 1.165) is 17.5 Å². The molecular weight excluding hydrogens is 410 g/mol. The standard InChI is InChI=1S/C22H26ClNO6/c1-3-27-22(26)30-21-13-28-20-10-15(7-8-19(20)29-21)9-14(2)24-12-18(25)16-5-4-6-17(23)11-16/h4-8,10-11,14,18,21,24-25H,3,9,12-13H2,1-2H3/t14-,18?,21?/m1/s1. The zero-order valence-electron chi connectivity index (χ0n) is 17.0. The zero-order valence-corrected chi connectivity index (χ0v) is 17.7. The zero-order chi connectivity index (χ0) is 21.5. The number of fused-ring (bicyclic) bond motifs is 1. The normalized spacial score (nSPS) is 17.1. The minimum atomic E-state index is -0.837. The molecule has 1 heterocycles. The Bertz CT molecular complexity index is 861. The predicted molar refractivity (Wildman–Crippen MR) is 112 cm³/mol. The van der Waals surface area contributed by atoms with Gasteiger partial charge in [0.25, 0.3) is 6.29 Å². The fourth-order valence-corrected chi connectivity index (χ4v) is 3.31. The predicted octanol–water partition coefficient (Wildman–Crippen LogP) is 3.86. The van der Waals surface area contributed by atoms with Crippen LogP contribution in [0.2, 0.25) is 5.02 Å². The van der Waals surface area contributed by atoms with Crippen molar-refractivity contribution >= 4 is 17.8 Å². The molecule has 0 amide bonds. The number of halogens is 1. The average molecular weight is 436 g/mol. The van der Waals surface area contributed by atoms with Gasteiger partial charge in [-0.15, -0.1) is 0 Å². The van der Waals surface area contributed by atoms with Gasteiger partial charge in [0.2, 0.25) is 0 Å². The number of ether oxygens (including phenoxy) is 4. The van der Waals surface area contributed by atoms with Crippen LogP contribution < -0.4 is 14.8 Å². The molecule has 2 N–H and O–H groups in total. The van der Waals surface area contributed by atoms with Crippen molar-refractivity contribution in [2.45, 2.75) is 38.7 Å². The first-order valence-corrected chi connectivity index (χ1v) is 10.2. The topological polar surface area (TPSA) is 86.3 Å². The fourth-order valence-electron chi connectivity index (χ4n) is 3.11. The van der Waals surface area contributed by atoms with E-state index >= 15 is 0 Å². The SMILES string of the molecule is CCOC(=O)OC1COc2cc(C[C@@H](C)NCC(O)c3cccc(Cl)c3)ccc2O1. The van der Waals surface area contributed by atoms with Gasteiger partial charge >= 0.3 is 6.16 Å². The number of aliphatic hydroxyl groups excluding tert-OH is 1. The lowest BCUT2D eigenvalue weighted by atomic mass is 10.1. The van der Waals surface area contributed by atoms with Crippen molar-refractivity contribution in [1.82, 2.24) is 5.32 Å². The number of benzene rings is 2. The van der Waals surface area contributed by atoms with Crippen LogP contribution >= 0.6 is 11.6 Å². The second-order valence-electron chi connectivity index (χ2n) is 7.02. The summed E-state index contributed by atoms with van der Waals surface area (Å²) in [6.07, 6.45) is -1.52. The van der Waals surface area contributed by atoms with Crippen molar-refractivity contribution in [3.8, 4) is 11.5 Å². The van der Waals surface area contributed by atoms with Crippen LogP contribution in [0.3, 0.4) is 0 Å². The summed E-state index contributed by atoms with van der Waals surface area (Å²) in [7, 11) is 0. The Morgan fingerprint density at radius 3 is 2.90 bits per heavy atom. The van der Waals surface area contributed by atoms with Gasteiger partial charge in [0.15, 0.2) is 18.1 Å². The molecule has 0 spiro atoms. The van der Waals surface area contributed by atoms with Crippen molar-refractivity contribution in [2.75, 3.05) is 19.8 Å². The van der Waals surface area contributed by atoms with Crippen molar-refractivity contribution in [1.29, 1.82) is 0 Å². The largest absolute Gasteiger partial charge is 0.511 e. The molecule has 0 aromatic heterocycles. The highest BCUT2D eigenvalue weighted by molar-refractivity contribution is 6.30. The van der Waals surface area contributed by atoms with E-state index in [1.165, 1.54) is 0 Å². The minimum Gasteiger partial charge on any atom is -0.482 e. The monoisotopic (exact) mass is 435 g/mol. The van der Waals surface area contributed by atoms with E-state index in [4.69, 9.17) is 30.5 Å². The fraction of sp³-hybridized carbons (Fsp3) is 0.409. The summed E-state index contributed by atoms with van der Waals surface area (Å²) in [6.45, 7) is 4.48. The number of aliphatic hydroxyl groups is 1. The number of hydrogen-bond donors (Lipinski definition) is 2. The molecular formula is C22H26ClNO6. The van der Waals surface area contributed by atoms with E-state index in [-0.39, 0.29) is 19.3 Å². The molecule has 0 radical (unpaired) electrons. The quantitative estimate of drug-likeness (QED) is 0.609. The van der Waals surface area contributed by atoms with Gasteiger partial charge in [-0.1, -0.05) is 29.8 Å². The van der Waals surface area contributed by atoms with Crippen LogP contribution in [0.1, 0.15) is 31.1 Å². The summed E-state index contributed by atoms with van der Waals surface area (Å²) in [6, 6.07) is 13.0. The summed E-state index contributed by atoms with van der Waals surface area (Å²) in [4.78, 5) is 11.4. The first kappa shape index (κ1) is 22.2. The molecule has 3 rings (SSSR count). The van der Waals surface area contributed by atoms with Crippen LogP contribution in [-0.4, -0.2) is 43.4 Å². The molecule has 1 aliphatic rings. The lowest BCUT2D eigenvalue weighted by Gasteiger charge is -2.26. The average Bonchev–Trinajstić information content (AvgIpc) is 2.72. The highest BCUT2D eigenvalue weighted by atomic mass is 35.5. The lowest BCUT2D eigenvalue weighted by molar-refractivity contribution is -0.0962. The highest BCUT2D eigenvalue weighted by Gasteiger charge is 2.25. The van der Waals surface area contributed by atoms with E-state index in [1.807, 2.05) is 31.2 Å². The Kier molecular flexibility index (Phi) is 7.79. The smallest absolute Gasteiger partial charge is 0.482 e. The Hall–Kier alpha value is -2.48. The van der Waals surface area contributed by atoms with Crippen LogP contribution in [0, 0.1) is 0 Å². The molecule has 3 atom stereocenters. The van der Waals surface area contributed by atoms with Crippen molar-refractivity contribution < 1.29 is 28.8 Å². The number of hydrogen-bond acceptors (Lipinski definition) is 7. The van der Waals surface area contributed by atoms with Crippen LogP contribution in [-0.2, 0) is 15.9 Å². The first-order chi connectivity index (χ1) is 14.4. The molecule has 0 bridgehead atoms. The summed E-state index contributed by atoms with van der Waals surface area (Å²) in [5.74, 6) is 1.11. The number of carbonyl (C=O) groups is 1. The van der Waals surface area contributed by atoms with Crippen LogP contribution in [0.4, 0.5) is 4.79 Å². The maximum absolute atomic E-state index is 11.4. The molecule has 162 valence electrons. The van der Waals surface area contributed by atoms with Crippen LogP contribution in [0.25, 0.3) is 0 Å². The summed E-state index contributed by atoms with van der Waals surface area (Å²) >= 11 is 5.98. The van der Waals surface area contributed by atoms with Gasteiger partial charge in [-0.25, -0.2) is 4.79 Å². The summed E-state index contributed by atoms with van der Waals surface area (Å²) in [5, 5.41) is 14.3. The van der Waals surface area contributed by atoms with E-state index in [2.05, 4.69) is 5.32 Å². The minimum absolute atomic E-state index is 0.0922. The van der Waals surface area contributed by atoms with Gasteiger partial charge in [0.05, 0.1) is 12.7 Å². The third kappa shape index (κ3) is 6.26. The third-order valence-electron chi connectivity index (χ3n) is 4.57. The van der Waals surface area contributed by atoms with Crippen molar-refractivity contribution in [3.05, 3.63) is 58.6 Å². The highest BCUT2D eigenvalue weighted by Crippen LogP contribution is 2.33. The molecule has 0 saturated heterocycles. The number of rotatable bonds is 8. The Balaban J connectivity index is 1.50. The van der Waals surface area contributed by atoms with Gasteiger partial charge in [-0.05, 0) is 55.7 Å². The number of carbonyl (C=O) groups excluding carboxylic acids is 1. The molecule has 1 aliphatic heterocycles. The molecule has 0 fully saturated rings. The number of nitrogens with one attached hydrogen (secondary N) is 1. The molecule has 2 aromatic carbocycles. The Labute approximate surface area is 180 Å². The molecule has 2 unspecified atom stereocenters. The maximum Gasteiger partial charge on any atom is 0.511 e. The van der Waals surface area contributed by atoms with Crippen LogP contribution in [0.5, 0.6) is 11.5 Å². The van der Waals surface area contributed by atoms with Gasteiger partial charge in [0.1, 0.15) is 0 Å². The van der Waals surface area contributed by atoms with Crippen LogP contribution in [0.15, 0.2) is 42.5 Å². The maximum atomic E-state index is 11.4. The molecule has 8 heteroatoms. The van der Waals surface area contributed by atoms with E-state index < -0.39 is 18.5 Å². The van der Waals surface area contributed by atoms with Crippen molar-refractivity contribution in [3.63, 3.8) is 0 Å². The second-order valence-corrected chi connectivity index (χ2v) is 7.46. The van der Waals surface area contributed by atoms with Gasteiger partial charge in [-0.3, -0.25) is 0 Å². The van der Waals surface area contributed by atoms with Gasteiger partial charge in [-0.2, -0.15) is 0 Å². The van der Waals surface area contributed by atoms with E-state index in [0.29, 0.717) is 23.1 Å². The molecule has 7 nitrogen and oxygen atoms in total.